The Morgan fingerprint density at radius 2 is 1.94 bits per heavy atom. The number of aromatic nitrogens is 1. The molecule has 0 radical (unpaired) electrons. The number of carbonyl (C=O) groups excluding carboxylic acids is 2. The number of carbonyl (C=O) groups is 2. The van der Waals surface area contributed by atoms with E-state index in [1.807, 2.05) is 68.7 Å². The first-order chi connectivity index (χ1) is 15.9. The van der Waals surface area contributed by atoms with Gasteiger partial charge in [-0.15, -0.1) is 0 Å². The molecule has 2 aromatic heterocycles. The molecule has 1 aliphatic rings. The van der Waals surface area contributed by atoms with Gasteiger partial charge in [0.2, 0.25) is 5.91 Å². The average molecular weight is 450 g/mol. The Labute approximate surface area is 194 Å². The molecule has 2 amide bonds. The Bertz CT molecular complexity index is 1150. The lowest BCUT2D eigenvalue weighted by atomic mass is 9.93. The number of nitrogens with zero attached hydrogens (tertiary/aromatic N) is 2. The smallest absolute Gasteiger partial charge is 0.275 e. The molecule has 7 heteroatoms. The van der Waals surface area contributed by atoms with Gasteiger partial charge in [0.05, 0.1) is 18.5 Å². The molecular formula is C26H31N3O4. The number of ether oxygens (including phenoxy) is 1. The molecule has 0 bridgehead atoms. The van der Waals surface area contributed by atoms with Gasteiger partial charge in [0, 0.05) is 25.4 Å². The quantitative estimate of drug-likeness (QED) is 0.520. The number of anilines is 1. The number of amides is 2. The maximum absolute atomic E-state index is 13.8. The van der Waals surface area contributed by atoms with Crippen molar-refractivity contribution in [3.8, 4) is 11.5 Å². The predicted octanol–water partition coefficient (Wildman–Crippen LogP) is 4.33. The van der Waals surface area contributed by atoms with E-state index in [4.69, 9.17) is 9.15 Å². The Kier molecular flexibility index (Phi) is 6.42. The third kappa shape index (κ3) is 4.20. The number of nitrogens with one attached hydrogen (secondary N) is 1. The Hall–Kier alpha value is -3.32. The van der Waals surface area contributed by atoms with E-state index in [2.05, 4.69) is 5.32 Å². The van der Waals surface area contributed by atoms with Crippen LogP contribution >= 0.6 is 0 Å². The molecule has 1 atom stereocenters. The summed E-state index contributed by atoms with van der Waals surface area (Å²) < 4.78 is 12.9. The third-order valence-corrected chi connectivity index (χ3v) is 6.33. The van der Waals surface area contributed by atoms with Crippen LogP contribution in [0.15, 0.2) is 53.1 Å². The molecule has 0 fully saturated rings. The van der Waals surface area contributed by atoms with Crippen LogP contribution in [0.5, 0.6) is 0 Å². The van der Waals surface area contributed by atoms with E-state index in [9.17, 15) is 9.59 Å². The first kappa shape index (κ1) is 22.9. The summed E-state index contributed by atoms with van der Waals surface area (Å²) in [6, 6.07) is 13.2. The van der Waals surface area contributed by atoms with Crippen molar-refractivity contribution >= 4 is 17.5 Å². The molecule has 3 heterocycles. The Morgan fingerprint density at radius 1 is 1.15 bits per heavy atom. The second-order valence-corrected chi connectivity index (χ2v) is 8.66. The summed E-state index contributed by atoms with van der Waals surface area (Å²) in [6.07, 6.45) is 2.31. The summed E-state index contributed by atoms with van der Waals surface area (Å²) >= 11 is 0. The number of benzene rings is 1. The van der Waals surface area contributed by atoms with E-state index in [1.165, 1.54) is 0 Å². The zero-order chi connectivity index (χ0) is 23.6. The fourth-order valence-electron chi connectivity index (χ4n) is 4.33. The molecule has 7 nitrogen and oxygen atoms in total. The topological polar surface area (TPSA) is 76.7 Å². The number of fused-ring (bicyclic) bond motifs is 1. The van der Waals surface area contributed by atoms with Crippen molar-refractivity contribution in [1.82, 2.24) is 9.88 Å². The molecule has 174 valence electrons. The SMILES string of the molecule is CCOCCCNC(=O)[C@@]1(C)Cn2c(ccc2-c2ccco2)C(=O)N1c1ccc(C)c(C)c1. The van der Waals surface area contributed by atoms with Gasteiger partial charge >= 0.3 is 0 Å². The zero-order valence-corrected chi connectivity index (χ0v) is 19.7. The number of hydrogen-bond acceptors (Lipinski definition) is 4. The second kappa shape index (κ2) is 9.27. The van der Waals surface area contributed by atoms with Crippen LogP contribution in [0.4, 0.5) is 5.69 Å². The van der Waals surface area contributed by atoms with Crippen molar-refractivity contribution in [2.45, 2.75) is 46.2 Å². The normalized spacial score (nSPS) is 17.8. The van der Waals surface area contributed by atoms with Gasteiger partial charge in [0.25, 0.3) is 5.91 Å². The first-order valence-corrected chi connectivity index (χ1v) is 11.4. The number of hydrogen-bond donors (Lipinski definition) is 1. The van der Waals surface area contributed by atoms with Gasteiger partial charge in [0.1, 0.15) is 17.0 Å². The fraction of sp³-hybridized carbons (Fsp3) is 0.385. The van der Waals surface area contributed by atoms with Crippen molar-refractivity contribution in [2.75, 3.05) is 24.7 Å². The zero-order valence-electron chi connectivity index (χ0n) is 19.7. The number of aryl methyl sites for hydroxylation is 2. The maximum atomic E-state index is 13.8. The predicted molar refractivity (Wildman–Crippen MR) is 127 cm³/mol. The Balaban J connectivity index is 1.73. The van der Waals surface area contributed by atoms with Crippen molar-refractivity contribution in [3.05, 3.63) is 65.5 Å². The molecule has 1 aromatic carbocycles. The molecule has 0 saturated heterocycles. The summed E-state index contributed by atoms with van der Waals surface area (Å²) in [5, 5.41) is 3.03. The Morgan fingerprint density at radius 3 is 2.64 bits per heavy atom. The molecule has 33 heavy (non-hydrogen) atoms. The summed E-state index contributed by atoms with van der Waals surface area (Å²) in [5.74, 6) is 0.248. The van der Waals surface area contributed by atoms with Gasteiger partial charge < -0.3 is 19.0 Å². The van der Waals surface area contributed by atoms with Crippen molar-refractivity contribution in [2.24, 2.45) is 0 Å². The molecule has 0 spiro atoms. The minimum Gasteiger partial charge on any atom is -0.463 e. The average Bonchev–Trinajstić information content (AvgIpc) is 3.45. The summed E-state index contributed by atoms with van der Waals surface area (Å²) in [6.45, 7) is 9.82. The largest absolute Gasteiger partial charge is 0.463 e. The van der Waals surface area contributed by atoms with Gasteiger partial charge in [0.15, 0.2) is 0 Å². The van der Waals surface area contributed by atoms with Crippen molar-refractivity contribution < 1.29 is 18.7 Å². The first-order valence-electron chi connectivity index (χ1n) is 11.4. The van der Waals surface area contributed by atoms with Crippen LogP contribution < -0.4 is 10.2 Å². The van der Waals surface area contributed by atoms with Crippen LogP contribution in [-0.4, -0.2) is 41.7 Å². The lowest BCUT2D eigenvalue weighted by molar-refractivity contribution is -0.126. The van der Waals surface area contributed by atoms with E-state index < -0.39 is 5.54 Å². The molecule has 4 rings (SSSR count). The van der Waals surface area contributed by atoms with E-state index in [0.717, 1.165) is 16.8 Å². The van der Waals surface area contributed by atoms with Crippen LogP contribution in [0.25, 0.3) is 11.5 Å². The number of furan rings is 1. The highest BCUT2D eigenvalue weighted by atomic mass is 16.5. The summed E-state index contributed by atoms with van der Waals surface area (Å²) in [7, 11) is 0. The number of rotatable bonds is 8. The molecular weight excluding hydrogens is 418 g/mol. The highest BCUT2D eigenvalue weighted by molar-refractivity contribution is 6.12. The lowest BCUT2D eigenvalue weighted by Crippen LogP contribution is -2.64. The van der Waals surface area contributed by atoms with Gasteiger partial charge in [-0.05, 0) is 81.6 Å². The van der Waals surface area contributed by atoms with Crippen LogP contribution in [0.2, 0.25) is 0 Å². The highest BCUT2D eigenvalue weighted by Crippen LogP contribution is 2.37. The lowest BCUT2D eigenvalue weighted by Gasteiger charge is -2.44. The van der Waals surface area contributed by atoms with Gasteiger partial charge in [-0.1, -0.05) is 6.07 Å². The molecule has 0 unspecified atom stereocenters. The summed E-state index contributed by atoms with van der Waals surface area (Å²) in [4.78, 5) is 29.0. The summed E-state index contributed by atoms with van der Waals surface area (Å²) in [5.41, 5.74) is 3.09. The molecule has 1 N–H and O–H groups in total. The van der Waals surface area contributed by atoms with Gasteiger partial charge in [-0.2, -0.15) is 0 Å². The monoisotopic (exact) mass is 449 g/mol. The van der Waals surface area contributed by atoms with Gasteiger partial charge in [-0.3, -0.25) is 14.5 Å². The second-order valence-electron chi connectivity index (χ2n) is 8.66. The van der Waals surface area contributed by atoms with Crippen LogP contribution in [0.3, 0.4) is 0 Å². The minimum absolute atomic E-state index is 0.199. The van der Waals surface area contributed by atoms with E-state index in [0.29, 0.717) is 49.9 Å². The van der Waals surface area contributed by atoms with Crippen LogP contribution in [-0.2, 0) is 16.1 Å². The van der Waals surface area contributed by atoms with Crippen LogP contribution in [0.1, 0.15) is 41.9 Å². The molecule has 3 aromatic rings. The van der Waals surface area contributed by atoms with Gasteiger partial charge in [-0.25, -0.2) is 0 Å². The van der Waals surface area contributed by atoms with E-state index in [1.54, 1.807) is 17.2 Å². The highest BCUT2D eigenvalue weighted by Gasteiger charge is 2.48. The molecule has 0 aliphatic carbocycles. The van der Waals surface area contributed by atoms with E-state index >= 15 is 0 Å². The van der Waals surface area contributed by atoms with E-state index in [-0.39, 0.29) is 11.8 Å². The van der Waals surface area contributed by atoms with Crippen molar-refractivity contribution in [1.29, 1.82) is 0 Å². The van der Waals surface area contributed by atoms with Crippen molar-refractivity contribution in [3.63, 3.8) is 0 Å². The fourth-order valence-corrected chi connectivity index (χ4v) is 4.33. The maximum Gasteiger partial charge on any atom is 0.275 e. The minimum atomic E-state index is -1.13. The third-order valence-electron chi connectivity index (χ3n) is 6.33. The van der Waals surface area contributed by atoms with Crippen LogP contribution in [0, 0.1) is 13.8 Å². The standard InChI is InChI=1S/C26H31N3O4/c1-5-32-14-7-13-27-25(31)26(4)17-28-21(23-8-6-15-33-23)11-12-22(28)24(30)29(26)20-10-9-18(2)19(3)16-20/h6,8-12,15-16H,5,7,13-14,17H2,1-4H3,(H,27,31)/t26-/m1/s1. The molecule has 1 aliphatic heterocycles. The molecule has 0 saturated carbocycles.